The monoisotopic (exact) mass is 399 g/mol. The van der Waals surface area contributed by atoms with Crippen molar-refractivity contribution in [1.82, 2.24) is 9.80 Å². The lowest BCUT2D eigenvalue weighted by Crippen LogP contribution is -2.47. The zero-order valence-electron chi connectivity index (χ0n) is 17.0. The summed E-state index contributed by atoms with van der Waals surface area (Å²) in [4.78, 5) is 29.6. The average Bonchev–Trinajstić information content (AvgIpc) is 2.69. The number of halogens is 1. The van der Waals surface area contributed by atoms with Crippen molar-refractivity contribution < 1.29 is 9.59 Å². The van der Waals surface area contributed by atoms with Crippen molar-refractivity contribution >= 4 is 24.2 Å². The van der Waals surface area contributed by atoms with Crippen LogP contribution in [0.2, 0.25) is 0 Å². The Morgan fingerprint density at radius 3 is 2.04 bits per heavy atom. The minimum atomic E-state index is 0. The van der Waals surface area contributed by atoms with Gasteiger partial charge < -0.3 is 15.5 Å². The van der Waals surface area contributed by atoms with E-state index in [0.717, 1.165) is 70.6 Å². The molecule has 156 valence electrons. The van der Waals surface area contributed by atoms with Crippen LogP contribution in [0.3, 0.4) is 0 Å². The van der Waals surface area contributed by atoms with Gasteiger partial charge in [0.05, 0.1) is 0 Å². The summed E-state index contributed by atoms with van der Waals surface area (Å²) in [6, 6.07) is 0. The molecule has 5 nitrogen and oxygen atoms in total. The molecule has 3 aliphatic rings. The van der Waals surface area contributed by atoms with Crippen LogP contribution in [0.4, 0.5) is 0 Å². The Hall–Kier alpha value is -0.810. The van der Waals surface area contributed by atoms with Crippen molar-refractivity contribution in [2.45, 2.75) is 71.1 Å². The molecule has 2 heterocycles. The van der Waals surface area contributed by atoms with Crippen LogP contribution in [0.1, 0.15) is 71.1 Å². The van der Waals surface area contributed by atoms with Crippen molar-refractivity contribution in [2.24, 2.45) is 23.0 Å². The van der Waals surface area contributed by atoms with Gasteiger partial charge in [0.1, 0.15) is 0 Å². The molecule has 0 bridgehead atoms. The Labute approximate surface area is 170 Å². The van der Waals surface area contributed by atoms with E-state index in [4.69, 9.17) is 5.73 Å². The second-order valence-corrected chi connectivity index (χ2v) is 9.10. The van der Waals surface area contributed by atoms with Gasteiger partial charge in [-0.1, -0.05) is 26.2 Å². The molecule has 2 amide bonds. The number of nitrogens with zero attached hydrogens (tertiary/aromatic N) is 2. The van der Waals surface area contributed by atoms with Gasteiger partial charge in [-0.05, 0) is 56.4 Å². The van der Waals surface area contributed by atoms with Gasteiger partial charge >= 0.3 is 0 Å². The molecule has 0 unspecified atom stereocenters. The van der Waals surface area contributed by atoms with Crippen molar-refractivity contribution in [1.29, 1.82) is 0 Å². The third-order valence-electron chi connectivity index (χ3n) is 7.17. The summed E-state index contributed by atoms with van der Waals surface area (Å²) in [5.41, 5.74) is 6.08. The molecule has 2 N–H and O–H groups in total. The fourth-order valence-electron chi connectivity index (χ4n) is 5.05. The van der Waals surface area contributed by atoms with Gasteiger partial charge in [0.2, 0.25) is 11.8 Å². The number of likely N-dealkylation sites (tertiary alicyclic amines) is 2. The standard InChI is InChI=1S/C21H37N3O2.ClH/c1-17-5-11-24(12-6-17)20(26)18-7-13-23(14-8-18)19(25)15-21(16-22)9-3-2-4-10-21;/h17-18H,2-16,22H2,1H3;1H. The van der Waals surface area contributed by atoms with E-state index in [1.54, 1.807) is 0 Å². The summed E-state index contributed by atoms with van der Waals surface area (Å²) < 4.78 is 0. The number of carbonyl (C=O) groups is 2. The van der Waals surface area contributed by atoms with E-state index < -0.39 is 0 Å². The predicted molar refractivity (Wildman–Crippen MR) is 111 cm³/mol. The summed E-state index contributed by atoms with van der Waals surface area (Å²) >= 11 is 0. The minimum Gasteiger partial charge on any atom is -0.343 e. The summed E-state index contributed by atoms with van der Waals surface area (Å²) in [5.74, 6) is 1.45. The molecule has 2 saturated heterocycles. The van der Waals surface area contributed by atoms with Gasteiger partial charge in [-0.3, -0.25) is 9.59 Å². The molecule has 1 aliphatic carbocycles. The van der Waals surface area contributed by atoms with E-state index >= 15 is 0 Å². The van der Waals surface area contributed by atoms with E-state index in [1.165, 1.54) is 19.3 Å². The molecule has 0 aromatic heterocycles. The topological polar surface area (TPSA) is 66.6 Å². The summed E-state index contributed by atoms with van der Waals surface area (Å²) in [7, 11) is 0. The van der Waals surface area contributed by atoms with Crippen molar-refractivity contribution in [2.75, 3.05) is 32.7 Å². The maximum atomic E-state index is 12.8. The maximum Gasteiger partial charge on any atom is 0.225 e. The van der Waals surface area contributed by atoms with Crippen molar-refractivity contribution in [3.63, 3.8) is 0 Å². The molecular weight excluding hydrogens is 362 g/mol. The molecule has 0 aromatic rings. The lowest BCUT2D eigenvalue weighted by molar-refractivity contribution is -0.142. The first-order valence-electron chi connectivity index (χ1n) is 10.8. The molecule has 3 fully saturated rings. The van der Waals surface area contributed by atoms with E-state index in [2.05, 4.69) is 11.8 Å². The Bertz CT molecular complexity index is 492. The summed E-state index contributed by atoms with van der Waals surface area (Å²) in [6.07, 6.45) is 10.4. The van der Waals surface area contributed by atoms with E-state index in [9.17, 15) is 9.59 Å². The van der Waals surface area contributed by atoms with Crippen LogP contribution in [0.5, 0.6) is 0 Å². The van der Waals surface area contributed by atoms with Gasteiger partial charge in [0.15, 0.2) is 0 Å². The first-order chi connectivity index (χ1) is 12.5. The second kappa shape index (κ2) is 10.1. The third kappa shape index (κ3) is 5.60. The van der Waals surface area contributed by atoms with Crippen molar-refractivity contribution in [3.05, 3.63) is 0 Å². The molecule has 0 spiro atoms. The highest BCUT2D eigenvalue weighted by molar-refractivity contribution is 5.85. The largest absolute Gasteiger partial charge is 0.343 e. The van der Waals surface area contributed by atoms with E-state index in [-0.39, 0.29) is 29.6 Å². The summed E-state index contributed by atoms with van der Waals surface area (Å²) in [6.45, 7) is 6.20. The number of carbonyl (C=O) groups excluding carboxylic acids is 2. The highest BCUT2D eigenvalue weighted by atomic mass is 35.5. The average molecular weight is 400 g/mol. The van der Waals surface area contributed by atoms with Gasteiger partial charge in [-0.2, -0.15) is 0 Å². The van der Waals surface area contributed by atoms with Gasteiger partial charge in [-0.15, -0.1) is 12.4 Å². The molecule has 3 rings (SSSR count). The fraction of sp³-hybridized carbons (Fsp3) is 0.905. The number of hydrogen-bond donors (Lipinski definition) is 1. The number of nitrogens with two attached hydrogens (primary N) is 1. The van der Waals surface area contributed by atoms with Crippen LogP contribution in [0.25, 0.3) is 0 Å². The first-order valence-corrected chi connectivity index (χ1v) is 10.8. The first kappa shape index (κ1) is 22.5. The van der Waals surface area contributed by atoms with Gasteiger partial charge in [0.25, 0.3) is 0 Å². The molecule has 27 heavy (non-hydrogen) atoms. The Morgan fingerprint density at radius 2 is 1.48 bits per heavy atom. The third-order valence-corrected chi connectivity index (χ3v) is 7.17. The fourth-order valence-corrected chi connectivity index (χ4v) is 5.05. The number of hydrogen-bond acceptors (Lipinski definition) is 3. The Morgan fingerprint density at radius 1 is 0.926 bits per heavy atom. The molecule has 6 heteroatoms. The van der Waals surface area contributed by atoms with E-state index in [0.29, 0.717) is 18.9 Å². The number of amides is 2. The highest BCUT2D eigenvalue weighted by Gasteiger charge is 2.36. The van der Waals surface area contributed by atoms with Crippen LogP contribution in [-0.4, -0.2) is 54.3 Å². The lowest BCUT2D eigenvalue weighted by atomic mass is 9.71. The molecular formula is C21H38ClN3O2. The summed E-state index contributed by atoms with van der Waals surface area (Å²) in [5, 5.41) is 0. The van der Waals surface area contributed by atoms with Crippen molar-refractivity contribution in [3.8, 4) is 0 Å². The Kier molecular flexibility index (Phi) is 8.41. The number of piperidine rings is 2. The maximum absolute atomic E-state index is 12.8. The second-order valence-electron chi connectivity index (χ2n) is 9.10. The van der Waals surface area contributed by atoms with E-state index in [1.807, 2.05) is 4.90 Å². The molecule has 0 aromatic carbocycles. The molecule has 0 radical (unpaired) electrons. The zero-order chi connectivity index (χ0) is 18.6. The predicted octanol–water partition coefficient (Wildman–Crippen LogP) is 3.20. The van der Waals surface area contributed by atoms with Crippen LogP contribution in [-0.2, 0) is 9.59 Å². The minimum absolute atomic E-state index is 0. The van der Waals surface area contributed by atoms with Gasteiger partial charge in [-0.25, -0.2) is 0 Å². The van der Waals surface area contributed by atoms with Crippen LogP contribution in [0.15, 0.2) is 0 Å². The number of rotatable bonds is 4. The molecule has 1 saturated carbocycles. The zero-order valence-corrected chi connectivity index (χ0v) is 17.8. The lowest BCUT2D eigenvalue weighted by Gasteiger charge is -2.40. The van der Waals surface area contributed by atoms with Crippen LogP contribution in [0, 0.1) is 17.3 Å². The quantitative estimate of drug-likeness (QED) is 0.789. The SMILES string of the molecule is CC1CCN(C(=O)C2CCN(C(=O)CC3(CN)CCCCC3)CC2)CC1.Cl. The van der Waals surface area contributed by atoms with Gasteiger partial charge in [0, 0.05) is 38.5 Å². The van der Waals surface area contributed by atoms with Crippen LogP contribution < -0.4 is 5.73 Å². The molecule has 0 atom stereocenters. The van der Waals surface area contributed by atoms with Crippen LogP contribution >= 0.6 is 12.4 Å². The molecule has 2 aliphatic heterocycles. The normalized spacial score (nSPS) is 24.4. The smallest absolute Gasteiger partial charge is 0.225 e. The highest BCUT2D eigenvalue weighted by Crippen LogP contribution is 2.39. The Balaban J connectivity index is 0.00000261.